The third kappa shape index (κ3) is 5.62. The van der Waals surface area contributed by atoms with Gasteiger partial charge in [-0.2, -0.15) is 5.10 Å². The van der Waals surface area contributed by atoms with Gasteiger partial charge < -0.3 is 9.84 Å². The van der Waals surface area contributed by atoms with Crippen molar-refractivity contribution in [1.82, 2.24) is 9.78 Å². The number of aryl methyl sites for hydroxylation is 2. The molecule has 0 spiro atoms. The lowest BCUT2D eigenvalue weighted by atomic mass is 10.0. The van der Waals surface area contributed by atoms with E-state index in [4.69, 9.17) is 9.84 Å². The average molecular weight is 467 g/mol. The molecule has 8 heteroatoms. The Bertz CT molecular complexity index is 1360. The van der Waals surface area contributed by atoms with E-state index in [0.29, 0.717) is 23.3 Å². The third-order valence-electron chi connectivity index (χ3n) is 5.14. The van der Waals surface area contributed by atoms with Crippen molar-refractivity contribution in [2.45, 2.75) is 32.1 Å². The maximum Gasteiger partial charge on any atom is 0.341 e. The van der Waals surface area contributed by atoms with Gasteiger partial charge in [-0.3, -0.25) is 4.68 Å². The molecule has 1 heterocycles. The van der Waals surface area contributed by atoms with Gasteiger partial charge in [0, 0.05) is 23.9 Å². The summed E-state index contributed by atoms with van der Waals surface area (Å²) in [5.41, 5.74) is 4.73. The minimum atomic E-state index is -3.36. The summed E-state index contributed by atoms with van der Waals surface area (Å²) in [5, 5.41) is 13.5. The Balaban J connectivity index is 2.06. The first-order valence-electron chi connectivity index (χ1n) is 10.5. The topological polar surface area (TPSA) is 98.5 Å². The standard InChI is InChI=1S/C25H26N2O5S/c1-5-13-33(30,31)22-8-6-7-19(14-22)9-10-20-15-21(11-12-23(20)32-16-24(28)29)25-17(2)26-27(4)18(25)3/h6-8,11-12,14-15H,5,13,16H2,1-4H3,(H,28,29). The number of benzene rings is 2. The summed E-state index contributed by atoms with van der Waals surface area (Å²) in [4.78, 5) is 11.2. The van der Waals surface area contributed by atoms with E-state index in [9.17, 15) is 13.2 Å². The molecule has 0 bridgehead atoms. The third-order valence-corrected chi connectivity index (χ3v) is 7.05. The van der Waals surface area contributed by atoms with Gasteiger partial charge >= 0.3 is 5.97 Å². The number of nitrogens with zero attached hydrogens (tertiary/aromatic N) is 2. The van der Waals surface area contributed by atoms with Gasteiger partial charge in [0.2, 0.25) is 0 Å². The van der Waals surface area contributed by atoms with E-state index in [1.165, 1.54) is 0 Å². The van der Waals surface area contributed by atoms with Gasteiger partial charge in [0.1, 0.15) is 5.75 Å². The minimum absolute atomic E-state index is 0.0723. The Labute approximate surface area is 193 Å². The fraction of sp³-hybridized carbons (Fsp3) is 0.280. The number of aliphatic carboxylic acids is 1. The molecule has 1 aromatic heterocycles. The van der Waals surface area contributed by atoms with Crippen LogP contribution in [0, 0.1) is 25.7 Å². The minimum Gasteiger partial charge on any atom is -0.481 e. The monoisotopic (exact) mass is 466 g/mol. The number of carbonyl (C=O) groups is 1. The quantitative estimate of drug-likeness (QED) is 0.533. The molecule has 0 unspecified atom stereocenters. The van der Waals surface area contributed by atoms with Crippen molar-refractivity contribution in [2.24, 2.45) is 7.05 Å². The lowest BCUT2D eigenvalue weighted by molar-refractivity contribution is -0.139. The molecule has 0 fully saturated rings. The predicted molar refractivity (Wildman–Crippen MR) is 126 cm³/mol. The fourth-order valence-electron chi connectivity index (χ4n) is 3.53. The van der Waals surface area contributed by atoms with Crippen LogP contribution in [0.2, 0.25) is 0 Å². The highest BCUT2D eigenvalue weighted by molar-refractivity contribution is 7.91. The van der Waals surface area contributed by atoms with E-state index < -0.39 is 22.4 Å². The maximum absolute atomic E-state index is 12.4. The summed E-state index contributed by atoms with van der Waals surface area (Å²) < 4.78 is 32.0. The summed E-state index contributed by atoms with van der Waals surface area (Å²) >= 11 is 0. The van der Waals surface area contributed by atoms with E-state index >= 15 is 0 Å². The van der Waals surface area contributed by atoms with Crippen molar-refractivity contribution in [2.75, 3.05) is 12.4 Å². The zero-order valence-corrected chi connectivity index (χ0v) is 19.9. The van der Waals surface area contributed by atoms with Crippen molar-refractivity contribution < 1.29 is 23.1 Å². The number of ether oxygens (including phenoxy) is 1. The van der Waals surface area contributed by atoms with Gasteiger partial charge in [0.05, 0.1) is 21.9 Å². The summed E-state index contributed by atoms with van der Waals surface area (Å²) in [6, 6.07) is 11.9. The van der Waals surface area contributed by atoms with Crippen LogP contribution in [0.1, 0.15) is 35.9 Å². The van der Waals surface area contributed by atoms with E-state index in [1.807, 2.05) is 40.0 Å². The normalized spacial score (nSPS) is 11.0. The number of carboxylic acid groups (broad SMARTS) is 1. The molecule has 0 amide bonds. The lowest BCUT2D eigenvalue weighted by Crippen LogP contribution is -2.10. The number of rotatable bonds is 7. The van der Waals surface area contributed by atoms with Crippen molar-refractivity contribution in [1.29, 1.82) is 0 Å². The van der Waals surface area contributed by atoms with Gasteiger partial charge in [-0.15, -0.1) is 0 Å². The van der Waals surface area contributed by atoms with Gasteiger partial charge in [0.15, 0.2) is 16.4 Å². The molecule has 0 aliphatic carbocycles. The number of sulfone groups is 1. The van der Waals surface area contributed by atoms with Crippen LogP contribution in [0.4, 0.5) is 0 Å². The van der Waals surface area contributed by atoms with E-state index in [0.717, 1.165) is 22.5 Å². The Morgan fingerprint density at radius 1 is 1.15 bits per heavy atom. The lowest BCUT2D eigenvalue weighted by Gasteiger charge is -2.09. The molecule has 0 aliphatic heterocycles. The van der Waals surface area contributed by atoms with Crippen molar-refractivity contribution in [3.8, 4) is 28.7 Å². The first-order chi connectivity index (χ1) is 15.6. The van der Waals surface area contributed by atoms with Crippen LogP contribution < -0.4 is 4.74 Å². The fourth-order valence-corrected chi connectivity index (χ4v) is 4.90. The van der Waals surface area contributed by atoms with Crippen molar-refractivity contribution in [3.05, 3.63) is 65.0 Å². The molecule has 0 radical (unpaired) electrons. The van der Waals surface area contributed by atoms with Gasteiger partial charge in [-0.25, -0.2) is 13.2 Å². The Kier molecular flexibility index (Phi) is 7.24. The Hall–Kier alpha value is -3.57. The summed E-state index contributed by atoms with van der Waals surface area (Å²) in [6.45, 7) is 5.21. The largest absolute Gasteiger partial charge is 0.481 e. The van der Waals surface area contributed by atoms with Crippen LogP contribution in [0.15, 0.2) is 47.4 Å². The van der Waals surface area contributed by atoms with Gasteiger partial charge in [-0.1, -0.05) is 30.9 Å². The van der Waals surface area contributed by atoms with Crippen LogP contribution >= 0.6 is 0 Å². The van der Waals surface area contributed by atoms with Crippen LogP contribution in [0.3, 0.4) is 0 Å². The molecule has 2 aromatic carbocycles. The van der Waals surface area contributed by atoms with E-state index in [2.05, 4.69) is 16.9 Å². The van der Waals surface area contributed by atoms with Crippen LogP contribution in [0.5, 0.6) is 5.75 Å². The van der Waals surface area contributed by atoms with Gasteiger partial charge in [0.25, 0.3) is 0 Å². The molecule has 172 valence electrons. The predicted octanol–water partition coefficient (Wildman–Crippen LogP) is 3.75. The number of carboxylic acids is 1. The summed E-state index contributed by atoms with van der Waals surface area (Å²) in [5.74, 6) is 5.34. The molecule has 0 atom stereocenters. The molecule has 7 nitrogen and oxygen atoms in total. The number of hydrogen-bond donors (Lipinski definition) is 1. The molecule has 3 rings (SSSR count). The number of hydrogen-bond acceptors (Lipinski definition) is 5. The highest BCUT2D eigenvalue weighted by Gasteiger charge is 2.15. The Morgan fingerprint density at radius 2 is 1.91 bits per heavy atom. The molecule has 3 aromatic rings. The second-order valence-corrected chi connectivity index (χ2v) is 9.77. The average Bonchev–Trinajstić information content (AvgIpc) is 3.02. The summed E-state index contributed by atoms with van der Waals surface area (Å²) in [6.07, 6.45) is 0.530. The smallest absolute Gasteiger partial charge is 0.341 e. The molecular weight excluding hydrogens is 440 g/mol. The highest BCUT2D eigenvalue weighted by Crippen LogP contribution is 2.30. The Morgan fingerprint density at radius 3 is 2.55 bits per heavy atom. The zero-order valence-electron chi connectivity index (χ0n) is 19.0. The molecule has 0 saturated heterocycles. The molecule has 0 saturated carbocycles. The second-order valence-electron chi connectivity index (χ2n) is 7.66. The first-order valence-corrected chi connectivity index (χ1v) is 12.1. The van der Waals surface area contributed by atoms with E-state index in [1.54, 1.807) is 35.0 Å². The molecule has 33 heavy (non-hydrogen) atoms. The maximum atomic E-state index is 12.4. The molecular formula is C25H26N2O5S. The SMILES string of the molecule is CCCS(=O)(=O)c1cccc(C#Cc2cc(-c3c(C)nn(C)c3C)ccc2OCC(=O)O)c1. The molecule has 0 aliphatic rings. The van der Waals surface area contributed by atoms with Gasteiger partial charge in [-0.05, 0) is 56.2 Å². The summed E-state index contributed by atoms with van der Waals surface area (Å²) in [7, 11) is -1.49. The highest BCUT2D eigenvalue weighted by atomic mass is 32.2. The van der Waals surface area contributed by atoms with Crippen LogP contribution in [-0.2, 0) is 21.7 Å². The van der Waals surface area contributed by atoms with Crippen LogP contribution in [-0.4, -0.2) is 41.6 Å². The zero-order chi connectivity index (χ0) is 24.2. The first kappa shape index (κ1) is 24.1. The molecule has 1 N–H and O–H groups in total. The van der Waals surface area contributed by atoms with Crippen molar-refractivity contribution >= 4 is 15.8 Å². The second kappa shape index (κ2) is 9.92. The van der Waals surface area contributed by atoms with Crippen LogP contribution in [0.25, 0.3) is 11.1 Å². The van der Waals surface area contributed by atoms with Crippen molar-refractivity contribution in [3.63, 3.8) is 0 Å². The number of aromatic nitrogens is 2. The van der Waals surface area contributed by atoms with E-state index in [-0.39, 0.29) is 10.6 Å².